The molecule has 0 aliphatic carbocycles. The van der Waals surface area contributed by atoms with Crippen LogP contribution in [0.25, 0.3) is 0 Å². The molecule has 8 heteroatoms. The van der Waals surface area contributed by atoms with E-state index in [0.717, 1.165) is 6.54 Å². The first kappa shape index (κ1) is 18.1. The van der Waals surface area contributed by atoms with Crippen LogP contribution in [-0.2, 0) is 14.8 Å². The fraction of sp³-hybridized carbons (Fsp3) is 0.462. The molecular formula is C13H19BrN2O4S. The lowest BCUT2D eigenvalue weighted by Crippen LogP contribution is -2.27. The lowest BCUT2D eigenvalue weighted by Gasteiger charge is -2.09. The number of rotatable bonds is 8. The Labute approximate surface area is 133 Å². The van der Waals surface area contributed by atoms with Gasteiger partial charge in [-0.3, -0.25) is 0 Å². The molecule has 0 fully saturated rings. The summed E-state index contributed by atoms with van der Waals surface area (Å²) in [5, 5.41) is 2.94. The first-order valence-electron chi connectivity index (χ1n) is 6.52. The van der Waals surface area contributed by atoms with Gasteiger partial charge in [-0.15, -0.1) is 0 Å². The van der Waals surface area contributed by atoms with E-state index in [1.54, 1.807) is 14.0 Å². The monoisotopic (exact) mass is 378 g/mol. The molecule has 0 amide bonds. The van der Waals surface area contributed by atoms with E-state index in [4.69, 9.17) is 4.74 Å². The van der Waals surface area contributed by atoms with Crippen molar-refractivity contribution in [2.45, 2.75) is 18.2 Å². The van der Waals surface area contributed by atoms with Gasteiger partial charge in [-0.05, 0) is 45.1 Å². The molecule has 2 N–H and O–H groups in total. The van der Waals surface area contributed by atoms with Crippen molar-refractivity contribution < 1.29 is 17.9 Å². The zero-order chi connectivity index (χ0) is 15.9. The summed E-state index contributed by atoms with van der Waals surface area (Å²) >= 11 is 3.21. The van der Waals surface area contributed by atoms with Gasteiger partial charge in [0.05, 0.1) is 17.1 Å². The molecule has 0 heterocycles. The third-order valence-electron chi connectivity index (χ3n) is 2.59. The second kappa shape index (κ2) is 8.47. The molecule has 6 nitrogen and oxygen atoms in total. The molecule has 1 aromatic carbocycles. The predicted octanol–water partition coefficient (Wildman–Crippen LogP) is 1.51. The topological polar surface area (TPSA) is 84.5 Å². The van der Waals surface area contributed by atoms with Gasteiger partial charge in [0.1, 0.15) is 0 Å². The number of benzene rings is 1. The maximum absolute atomic E-state index is 12.2. The van der Waals surface area contributed by atoms with Crippen molar-refractivity contribution in [2.24, 2.45) is 0 Å². The molecular weight excluding hydrogens is 360 g/mol. The summed E-state index contributed by atoms with van der Waals surface area (Å²) in [6.07, 6.45) is 0.675. The van der Waals surface area contributed by atoms with Crippen molar-refractivity contribution in [3.05, 3.63) is 28.2 Å². The Hall–Kier alpha value is -0.960. The Kier molecular flexibility index (Phi) is 7.30. The number of hydrogen-bond acceptors (Lipinski definition) is 5. The number of nitrogens with one attached hydrogen (secondary N) is 2. The molecule has 0 saturated heterocycles. The number of carbonyl (C=O) groups excluding carboxylic acids is 1. The molecule has 0 aliphatic rings. The SMILES string of the molecule is CCOC(=O)c1cc(Br)cc(S(=O)(=O)NCCCNC)c1. The maximum atomic E-state index is 12.2. The zero-order valence-electron chi connectivity index (χ0n) is 12.0. The highest BCUT2D eigenvalue weighted by molar-refractivity contribution is 9.10. The van der Waals surface area contributed by atoms with E-state index in [1.807, 2.05) is 0 Å². The Morgan fingerprint density at radius 1 is 1.29 bits per heavy atom. The van der Waals surface area contributed by atoms with Gasteiger partial charge in [0, 0.05) is 11.0 Å². The molecule has 0 radical (unpaired) electrons. The summed E-state index contributed by atoms with van der Waals surface area (Å²) in [7, 11) is -1.85. The van der Waals surface area contributed by atoms with Gasteiger partial charge in [-0.1, -0.05) is 15.9 Å². The Morgan fingerprint density at radius 3 is 2.62 bits per heavy atom. The highest BCUT2D eigenvalue weighted by Crippen LogP contribution is 2.20. The molecule has 1 rings (SSSR count). The van der Waals surface area contributed by atoms with Crippen LogP contribution in [0.1, 0.15) is 23.7 Å². The number of esters is 1. The van der Waals surface area contributed by atoms with Gasteiger partial charge >= 0.3 is 5.97 Å². The van der Waals surface area contributed by atoms with Crippen LogP contribution >= 0.6 is 15.9 Å². The van der Waals surface area contributed by atoms with Crippen LogP contribution in [-0.4, -0.2) is 41.1 Å². The predicted molar refractivity (Wildman–Crippen MR) is 83.8 cm³/mol. The number of carbonyl (C=O) groups is 1. The second-order valence-corrected chi connectivity index (χ2v) is 6.93. The van der Waals surface area contributed by atoms with E-state index in [1.165, 1.54) is 18.2 Å². The third-order valence-corrected chi connectivity index (χ3v) is 4.49. The fourth-order valence-electron chi connectivity index (χ4n) is 1.61. The standard InChI is InChI=1S/C13H19BrN2O4S/c1-3-20-13(17)10-7-11(14)9-12(8-10)21(18,19)16-6-4-5-15-2/h7-9,15-16H,3-6H2,1-2H3. The lowest BCUT2D eigenvalue weighted by molar-refractivity contribution is 0.0526. The number of ether oxygens (including phenoxy) is 1. The quantitative estimate of drug-likeness (QED) is 0.529. The van der Waals surface area contributed by atoms with Crippen molar-refractivity contribution in [1.29, 1.82) is 0 Å². The lowest BCUT2D eigenvalue weighted by atomic mass is 10.2. The van der Waals surface area contributed by atoms with Crippen molar-refractivity contribution in [1.82, 2.24) is 10.0 Å². The van der Waals surface area contributed by atoms with E-state index in [0.29, 0.717) is 17.4 Å². The van der Waals surface area contributed by atoms with Gasteiger partial charge in [0.2, 0.25) is 10.0 Å². The smallest absolute Gasteiger partial charge is 0.338 e. The third kappa shape index (κ3) is 5.74. The van der Waals surface area contributed by atoms with Crippen LogP contribution in [0.2, 0.25) is 0 Å². The molecule has 0 saturated carbocycles. The molecule has 0 atom stereocenters. The Bertz CT molecular complexity index is 590. The Balaban J connectivity index is 2.93. The summed E-state index contributed by atoms with van der Waals surface area (Å²) in [6.45, 7) is 2.96. The largest absolute Gasteiger partial charge is 0.462 e. The maximum Gasteiger partial charge on any atom is 0.338 e. The second-order valence-electron chi connectivity index (χ2n) is 4.25. The first-order chi connectivity index (χ1) is 9.90. The highest BCUT2D eigenvalue weighted by atomic mass is 79.9. The zero-order valence-corrected chi connectivity index (χ0v) is 14.4. The molecule has 0 bridgehead atoms. The molecule has 118 valence electrons. The average Bonchev–Trinajstić information content (AvgIpc) is 2.43. The molecule has 0 unspecified atom stereocenters. The van der Waals surface area contributed by atoms with Gasteiger partial charge in [0.15, 0.2) is 0 Å². The summed E-state index contributed by atoms with van der Waals surface area (Å²) in [4.78, 5) is 11.7. The summed E-state index contributed by atoms with van der Waals surface area (Å²) in [5.41, 5.74) is 0.196. The van der Waals surface area contributed by atoms with Crippen LogP contribution in [0.4, 0.5) is 0 Å². The van der Waals surface area contributed by atoms with E-state index in [2.05, 4.69) is 26.0 Å². The average molecular weight is 379 g/mol. The number of sulfonamides is 1. The summed E-state index contributed by atoms with van der Waals surface area (Å²) < 4.78 is 32.2. The van der Waals surface area contributed by atoms with Crippen molar-refractivity contribution >= 4 is 31.9 Å². The molecule has 0 aliphatic heterocycles. The normalized spacial score (nSPS) is 11.4. The summed E-state index contributed by atoms with van der Waals surface area (Å²) in [6, 6.07) is 4.28. The van der Waals surface area contributed by atoms with Gasteiger partial charge in [-0.2, -0.15) is 0 Å². The molecule has 0 aromatic heterocycles. The molecule has 21 heavy (non-hydrogen) atoms. The fourth-order valence-corrected chi connectivity index (χ4v) is 3.39. The molecule has 0 spiro atoms. The van der Waals surface area contributed by atoms with Crippen molar-refractivity contribution in [3.63, 3.8) is 0 Å². The summed E-state index contributed by atoms with van der Waals surface area (Å²) in [5.74, 6) is -0.551. The van der Waals surface area contributed by atoms with Crippen molar-refractivity contribution in [2.75, 3.05) is 26.7 Å². The molecule has 1 aromatic rings. The van der Waals surface area contributed by atoms with E-state index in [-0.39, 0.29) is 17.1 Å². The van der Waals surface area contributed by atoms with Crippen LogP contribution in [0.5, 0.6) is 0 Å². The van der Waals surface area contributed by atoms with E-state index in [9.17, 15) is 13.2 Å². The van der Waals surface area contributed by atoms with Crippen molar-refractivity contribution in [3.8, 4) is 0 Å². The van der Waals surface area contributed by atoms with Gasteiger partial charge < -0.3 is 10.1 Å². The first-order valence-corrected chi connectivity index (χ1v) is 8.80. The minimum atomic E-state index is -3.65. The minimum Gasteiger partial charge on any atom is -0.462 e. The van der Waals surface area contributed by atoms with Crippen LogP contribution in [0.3, 0.4) is 0 Å². The van der Waals surface area contributed by atoms with Gasteiger partial charge in [0.25, 0.3) is 0 Å². The van der Waals surface area contributed by atoms with E-state index < -0.39 is 16.0 Å². The number of hydrogen-bond donors (Lipinski definition) is 2. The van der Waals surface area contributed by atoms with Gasteiger partial charge in [-0.25, -0.2) is 17.9 Å². The van der Waals surface area contributed by atoms with E-state index >= 15 is 0 Å². The highest BCUT2D eigenvalue weighted by Gasteiger charge is 2.17. The Morgan fingerprint density at radius 2 is 2.00 bits per heavy atom. The van der Waals surface area contributed by atoms with Crippen LogP contribution < -0.4 is 10.0 Å². The minimum absolute atomic E-state index is 0.0318. The number of halogens is 1. The van der Waals surface area contributed by atoms with Crippen LogP contribution in [0, 0.1) is 0 Å². The van der Waals surface area contributed by atoms with Crippen LogP contribution in [0.15, 0.2) is 27.6 Å².